The molecule has 0 spiro atoms. The Morgan fingerprint density at radius 3 is 1.24 bits per heavy atom. The van der Waals surface area contributed by atoms with E-state index >= 15 is 0 Å². The van der Waals surface area contributed by atoms with Crippen LogP contribution in [0.1, 0.15) is 0 Å². The first-order valence-electron chi connectivity index (χ1n) is 16.5. The molecule has 0 amide bonds. The second kappa shape index (κ2) is 12.2. The van der Waals surface area contributed by atoms with Crippen LogP contribution in [0, 0.1) is 0 Å². The molecule has 0 fully saturated rings. The zero-order chi connectivity index (χ0) is 32.6. The fraction of sp³-hybridized carbons (Fsp3) is 0. The molecule has 9 rings (SSSR count). The van der Waals surface area contributed by atoms with E-state index in [-0.39, 0.29) is 0 Å². The van der Waals surface area contributed by atoms with Crippen LogP contribution in [0.25, 0.3) is 83.9 Å². The average molecular weight is 627 g/mol. The molecule has 2 aromatic heterocycles. The van der Waals surface area contributed by atoms with E-state index in [0.29, 0.717) is 17.5 Å². The molecule has 0 aliphatic heterocycles. The SMILES string of the molecule is c1ccc(-c2ccc3c4ccccc4n(-c4ccc(-c5ccc(-c6nc(-c7ccccc7)nc(-c7ccccc7)n6)cc5)cc4)c3c2)cc1. The zero-order valence-electron chi connectivity index (χ0n) is 26.6. The molecule has 49 heavy (non-hydrogen) atoms. The van der Waals surface area contributed by atoms with Gasteiger partial charge in [0.1, 0.15) is 0 Å². The zero-order valence-corrected chi connectivity index (χ0v) is 26.6. The van der Waals surface area contributed by atoms with Crippen LogP contribution in [0.3, 0.4) is 0 Å². The van der Waals surface area contributed by atoms with E-state index in [1.165, 1.54) is 32.9 Å². The second-order valence-corrected chi connectivity index (χ2v) is 12.1. The van der Waals surface area contributed by atoms with Gasteiger partial charge in [-0.15, -0.1) is 0 Å². The van der Waals surface area contributed by atoms with Gasteiger partial charge in [-0.3, -0.25) is 0 Å². The fourth-order valence-electron chi connectivity index (χ4n) is 6.61. The van der Waals surface area contributed by atoms with Crippen LogP contribution in [0.4, 0.5) is 0 Å². The highest BCUT2D eigenvalue weighted by Crippen LogP contribution is 2.35. The van der Waals surface area contributed by atoms with Crippen molar-refractivity contribution < 1.29 is 0 Å². The molecule has 0 radical (unpaired) electrons. The summed E-state index contributed by atoms with van der Waals surface area (Å²) in [6, 6.07) is 63.5. The summed E-state index contributed by atoms with van der Waals surface area (Å²) in [6.07, 6.45) is 0. The number of aromatic nitrogens is 4. The Morgan fingerprint density at radius 2 is 0.673 bits per heavy atom. The van der Waals surface area contributed by atoms with Gasteiger partial charge in [-0.05, 0) is 46.5 Å². The Morgan fingerprint density at radius 1 is 0.286 bits per heavy atom. The van der Waals surface area contributed by atoms with Crippen molar-refractivity contribution in [3.05, 3.63) is 182 Å². The maximum Gasteiger partial charge on any atom is 0.164 e. The van der Waals surface area contributed by atoms with Crippen molar-refractivity contribution in [2.24, 2.45) is 0 Å². The lowest BCUT2D eigenvalue weighted by Gasteiger charge is -2.11. The van der Waals surface area contributed by atoms with E-state index in [9.17, 15) is 0 Å². The van der Waals surface area contributed by atoms with Crippen LogP contribution in [-0.4, -0.2) is 19.5 Å². The predicted octanol–water partition coefficient (Wildman–Crippen LogP) is 11.3. The molecule has 7 aromatic carbocycles. The highest BCUT2D eigenvalue weighted by Gasteiger charge is 2.15. The van der Waals surface area contributed by atoms with Gasteiger partial charge in [0.2, 0.25) is 0 Å². The molecule has 0 bridgehead atoms. The van der Waals surface area contributed by atoms with Crippen LogP contribution in [0.5, 0.6) is 0 Å². The minimum absolute atomic E-state index is 0.649. The molecular formula is C45H30N4. The first-order valence-corrected chi connectivity index (χ1v) is 16.5. The molecule has 0 unspecified atom stereocenters. The lowest BCUT2D eigenvalue weighted by Crippen LogP contribution is -2.00. The van der Waals surface area contributed by atoms with Crippen LogP contribution in [0.2, 0.25) is 0 Å². The number of hydrogen-bond donors (Lipinski definition) is 0. The van der Waals surface area contributed by atoms with Crippen molar-refractivity contribution in [2.45, 2.75) is 0 Å². The summed E-state index contributed by atoms with van der Waals surface area (Å²) in [5.41, 5.74) is 11.1. The number of hydrogen-bond acceptors (Lipinski definition) is 3. The van der Waals surface area contributed by atoms with Gasteiger partial charge in [0.15, 0.2) is 17.5 Å². The van der Waals surface area contributed by atoms with Crippen molar-refractivity contribution in [3.8, 4) is 62.1 Å². The number of para-hydroxylation sites is 1. The molecule has 230 valence electrons. The Balaban J connectivity index is 1.07. The molecule has 0 N–H and O–H groups in total. The lowest BCUT2D eigenvalue weighted by molar-refractivity contribution is 1.07. The first kappa shape index (κ1) is 28.6. The summed E-state index contributed by atoms with van der Waals surface area (Å²) in [4.78, 5) is 14.6. The lowest BCUT2D eigenvalue weighted by atomic mass is 10.0. The first-order chi connectivity index (χ1) is 24.3. The molecule has 2 heterocycles. The van der Waals surface area contributed by atoms with Gasteiger partial charge < -0.3 is 4.57 Å². The van der Waals surface area contributed by atoms with Gasteiger partial charge in [0, 0.05) is 33.2 Å². The minimum atomic E-state index is 0.649. The minimum Gasteiger partial charge on any atom is -0.309 e. The Labute approximate surface area is 284 Å². The van der Waals surface area contributed by atoms with Gasteiger partial charge in [0.05, 0.1) is 11.0 Å². The van der Waals surface area contributed by atoms with E-state index in [4.69, 9.17) is 15.0 Å². The van der Waals surface area contributed by atoms with E-state index in [0.717, 1.165) is 33.5 Å². The van der Waals surface area contributed by atoms with Crippen molar-refractivity contribution in [3.63, 3.8) is 0 Å². The van der Waals surface area contributed by atoms with Crippen molar-refractivity contribution >= 4 is 21.8 Å². The Hall–Kier alpha value is -6.65. The Bertz CT molecular complexity index is 2500. The van der Waals surface area contributed by atoms with E-state index < -0.39 is 0 Å². The second-order valence-electron chi connectivity index (χ2n) is 12.1. The number of fused-ring (bicyclic) bond motifs is 3. The number of nitrogens with zero attached hydrogens (tertiary/aromatic N) is 4. The Kier molecular flexibility index (Phi) is 7.10. The summed E-state index contributed by atoms with van der Waals surface area (Å²) in [5.74, 6) is 1.96. The molecule has 0 saturated carbocycles. The summed E-state index contributed by atoms with van der Waals surface area (Å²) >= 11 is 0. The topological polar surface area (TPSA) is 43.6 Å². The van der Waals surface area contributed by atoms with Gasteiger partial charge in [-0.1, -0.05) is 158 Å². The van der Waals surface area contributed by atoms with Gasteiger partial charge in [-0.25, -0.2) is 15.0 Å². The molecule has 0 aliphatic rings. The normalized spacial score (nSPS) is 11.3. The van der Waals surface area contributed by atoms with E-state index in [1.807, 2.05) is 60.7 Å². The largest absolute Gasteiger partial charge is 0.309 e. The van der Waals surface area contributed by atoms with Crippen molar-refractivity contribution in [1.82, 2.24) is 19.5 Å². The third-order valence-electron chi connectivity index (χ3n) is 9.08. The monoisotopic (exact) mass is 626 g/mol. The molecule has 0 saturated heterocycles. The quantitative estimate of drug-likeness (QED) is 0.184. The molecule has 0 aliphatic carbocycles. The van der Waals surface area contributed by atoms with Crippen LogP contribution in [-0.2, 0) is 0 Å². The van der Waals surface area contributed by atoms with Crippen LogP contribution in [0.15, 0.2) is 182 Å². The van der Waals surface area contributed by atoms with Gasteiger partial charge in [-0.2, -0.15) is 0 Å². The van der Waals surface area contributed by atoms with E-state index in [1.54, 1.807) is 0 Å². The smallest absolute Gasteiger partial charge is 0.164 e. The molecular weight excluding hydrogens is 597 g/mol. The van der Waals surface area contributed by atoms with Gasteiger partial charge >= 0.3 is 0 Å². The maximum atomic E-state index is 4.89. The van der Waals surface area contributed by atoms with Gasteiger partial charge in [0.25, 0.3) is 0 Å². The third kappa shape index (κ3) is 5.35. The summed E-state index contributed by atoms with van der Waals surface area (Å²) in [7, 11) is 0. The highest BCUT2D eigenvalue weighted by molar-refractivity contribution is 6.10. The van der Waals surface area contributed by atoms with Crippen molar-refractivity contribution in [2.75, 3.05) is 0 Å². The molecule has 0 atom stereocenters. The van der Waals surface area contributed by atoms with Crippen LogP contribution < -0.4 is 0 Å². The number of benzene rings is 7. The summed E-state index contributed by atoms with van der Waals surface area (Å²) in [6.45, 7) is 0. The summed E-state index contributed by atoms with van der Waals surface area (Å²) in [5, 5.41) is 2.50. The fourth-order valence-corrected chi connectivity index (χ4v) is 6.61. The van der Waals surface area contributed by atoms with Crippen LogP contribution >= 0.6 is 0 Å². The highest BCUT2D eigenvalue weighted by atomic mass is 15.0. The molecule has 9 aromatic rings. The third-order valence-corrected chi connectivity index (χ3v) is 9.08. The number of rotatable bonds is 6. The molecule has 4 heteroatoms. The standard InChI is InChI=1S/C45H30N4/c1-4-12-31(13-5-1)37-26-29-40-39-18-10-11-19-41(39)49(42(40)30-37)38-27-24-33(25-28-38)32-20-22-36(23-21-32)45-47-43(34-14-6-2-7-15-34)46-44(48-45)35-16-8-3-9-17-35/h1-30H. The summed E-state index contributed by atoms with van der Waals surface area (Å²) < 4.78 is 2.37. The average Bonchev–Trinajstić information content (AvgIpc) is 3.52. The van der Waals surface area contributed by atoms with E-state index in [2.05, 4.69) is 126 Å². The maximum absolute atomic E-state index is 4.89. The van der Waals surface area contributed by atoms with Crippen molar-refractivity contribution in [1.29, 1.82) is 0 Å². The molecule has 4 nitrogen and oxygen atoms in total. The predicted molar refractivity (Wildman–Crippen MR) is 201 cm³/mol.